The number of ether oxygens (including phenoxy) is 1. The number of methoxy groups -OCH3 is 1. The normalized spacial score (nSPS) is 11.3. The zero-order chi connectivity index (χ0) is 21.5. The van der Waals surface area contributed by atoms with Crippen LogP contribution in [0, 0.1) is 0 Å². The Bertz CT molecular complexity index is 1540. The highest BCUT2D eigenvalue weighted by Gasteiger charge is 2.18. The average molecular weight is 412 g/mol. The first-order valence-corrected chi connectivity index (χ1v) is 10.6. The molecule has 0 aliphatic heterocycles. The van der Waals surface area contributed by atoms with E-state index in [0.717, 1.165) is 33.3 Å². The van der Waals surface area contributed by atoms with Crippen LogP contribution in [0.5, 0.6) is 5.75 Å². The van der Waals surface area contributed by atoms with Gasteiger partial charge in [0.2, 0.25) is 0 Å². The Labute approximate surface area is 186 Å². The van der Waals surface area contributed by atoms with E-state index in [1.54, 1.807) is 7.11 Å². The Morgan fingerprint density at radius 1 is 0.594 bits per heavy atom. The van der Waals surface area contributed by atoms with Gasteiger partial charge in [0, 0.05) is 29.5 Å². The number of benzene rings is 4. The Morgan fingerprint density at radius 2 is 1.19 bits per heavy atom. The fraction of sp³-hybridized carbons (Fsp3) is 0.0345. The van der Waals surface area contributed by atoms with Gasteiger partial charge in [-0.2, -0.15) is 0 Å². The lowest BCUT2D eigenvalue weighted by atomic mass is 9.86. The Hall–Kier alpha value is -4.24. The van der Waals surface area contributed by atoms with Gasteiger partial charge in [0.1, 0.15) is 5.75 Å². The number of fused-ring (bicyclic) bond motifs is 3. The quantitative estimate of drug-likeness (QED) is 0.287. The minimum absolute atomic E-state index is 0.853. The molecule has 0 fully saturated rings. The summed E-state index contributed by atoms with van der Waals surface area (Å²) in [5.74, 6) is 0.853. The van der Waals surface area contributed by atoms with Crippen LogP contribution in [0.25, 0.3) is 54.7 Å². The maximum Gasteiger partial charge on any atom is 0.118 e. The van der Waals surface area contributed by atoms with E-state index in [9.17, 15) is 0 Å². The van der Waals surface area contributed by atoms with Crippen molar-refractivity contribution >= 4 is 32.3 Å². The van der Waals surface area contributed by atoms with Crippen molar-refractivity contribution in [2.45, 2.75) is 0 Å². The van der Waals surface area contributed by atoms with Crippen molar-refractivity contribution in [3.05, 3.63) is 104 Å². The number of aromatic nitrogens is 2. The molecule has 0 amide bonds. The minimum atomic E-state index is 0.853. The van der Waals surface area contributed by atoms with Crippen LogP contribution < -0.4 is 4.74 Å². The molecule has 32 heavy (non-hydrogen) atoms. The average Bonchev–Trinajstić information content (AvgIpc) is 2.87. The second-order valence-corrected chi connectivity index (χ2v) is 7.83. The van der Waals surface area contributed by atoms with Crippen molar-refractivity contribution in [1.82, 2.24) is 9.97 Å². The standard InChI is InChI=1S/C29H20N2O/c1-32-21-12-10-20(11-13-21)27-22-6-2-4-8-24(22)28(25-9-5-3-7-23(25)27)29-26-18-30-16-14-19(26)15-17-31-29/h2-18H,1H3. The Morgan fingerprint density at radius 3 is 1.81 bits per heavy atom. The van der Waals surface area contributed by atoms with E-state index in [0.29, 0.717) is 0 Å². The van der Waals surface area contributed by atoms with Gasteiger partial charge < -0.3 is 4.74 Å². The van der Waals surface area contributed by atoms with Gasteiger partial charge in [-0.3, -0.25) is 9.97 Å². The highest BCUT2D eigenvalue weighted by atomic mass is 16.5. The van der Waals surface area contributed by atoms with Gasteiger partial charge in [0.05, 0.1) is 12.8 Å². The van der Waals surface area contributed by atoms with E-state index in [1.807, 2.05) is 42.9 Å². The van der Waals surface area contributed by atoms with Gasteiger partial charge in [-0.15, -0.1) is 0 Å². The maximum atomic E-state index is 5.38. The topological polar surface area (TPSA) is 35.0 Å². The third kappa shape index (κ3) is 2.83. The second-order valence-electron chi connectivity index (χ2n) is 7.83. The molecule has 0 radical (unpaired) electrons. The van der Waals surface area contributed by atoms with Crippen molar-refractivity contribution in [2.24, 2.45) is 0 Å². The monoisotopic (exact) mass is 412 g/mol. The molecule has 6 aromatic rings. The number of nitrogens with zero attached hydrogens (tertiary/aromatic N) is 2. The molecule has 3 heteroatoms. The summed E-state index contributed by atoms with van der Waals surface area (Å²) < 4.78 is 5.38. The number of hydrogen-bond donors (Lipinski definition) is 0. The van der Waals surface area contributed by atoms with E-state index >= 15 is 0 Å². The molecule has 0 spiro atoms. The molecule has 0 aliphatic rings. The maximum absolute atomic E-state index is 5.38. The smallest absolute Gasteiger partial charge is 0.118 e. The number of pyridine rings is 2. The van der Waals surface area contributed by atoms with E-state index in [1.165, 1.54) is 27.1 Å². The highest BCUT2D eigenvalue weighted by molar-refractivity contribution is 6.22. The zero-order valence-corrected chi connectivity index (χ0v) is 17.6. The van der Waals surface area contributed by atoms with Gasteiger partial charge in [-0.25, -0.2) is 0 Å². The molecular weight excluding hydrogens is 392 g/mol. The fourth-order valence-corrected chi connectivity index (χ4v) is 4.66. The summed E-state index contributed by atoms with van der Waals surface area (Å²) in [5, 5.41) is 6.96. The number of rotatable bonds is 3. The van der Waals surface area contributed by atoms with Crippen LogP contribution in [0.2, 0.25) is 0 Å². The molecule has 2 heterocycles. The predicted molar refractivity (Wildman–Crippen MR) is 132 cm³/mol. The van der Waals surface area contributed by atoms with Crippen molar-refractivity contribution in [1.29, 1.82) is 0 Å². The summed E-state index contributed by atoms with van der Waals surface area (Å²) in [7, 11) is 1.70. The minimum Gasteiger partial charge on any atom is -0.497 e. The lowest BCUT2D eigenvalue weighted by Crippen LogP contribution is -1.93. The molecule has 0 N–H and O–H groups in total. The third-order valence-electron chi connectivity index (χ3n) is 6.11. The summed E-state index contributed by atoms with van der Waals surface area (Å²) in [4.78, 5) is 9.23. The van der Waals surface area contributed by atoms with Crippen molar-refractivity contribution in [3.63, 3.8) is 0 Å². The molecule has 0 atom stereocenters. The van der Waals surface area contributed by atoms with Crippen LogP contribution in [-0.4, -0.2) is 17.1 Å². The van der Waals surface area contributed by atoms with Crippen molar-refractivity contribution in [3.8, 4) is 28.1 Å². The predicted octanol–water partition coefficient (Wildman–Crippen LogP) is 7.28. The largest absolute Gasteiger partial charge is 0.497 e. The van der Waals surface area contributed by atoms with Gasteiger partial charge in [-0.05, 0) is 62.3 Å². The fourth-order valence-electron chi connectivity index (χ4n) is 4.66. The number of hydrogen-bond acceptors (Lipinski definition) is 3. The Kier molecular flexibility index (Phi) is 4.32. The van der Waals surface area contributed by atoms with Crippen LogP contribution in [-0.2, 0) is 0 Å². The van der Waals surface area contributed by atoms with E-state index < -0.39 is 0 Å². The highest BCUT2D eigenvalue weighted by Crippen LogP contribution is 2.44. The van der Waals surface area contributed by atoms with Crippen LogP contribution in [0.1, 0.15) is 0 Å². The summed E-state index contributed by atoms with van der Waals surface area (Å²) >= 11 is 0. The van der Waals surface area contributed by atoms with Gasteiger partial charge >= 0.3 is 0 Å². The Balaban J connectivity index is 1.78. The van der Waals surface area contributed by atoms with Gasteiger partial charge in [0.15, 0.2) is 0 Å². The lowest BCUT2D eigenvalue weighted by molar-refractivity contribution is 0.415. The van der Waals surface area contributed by atoms with Crippen LogP contribution in [0.15, 0.2) is 104 Å². The molecule has 2 aromatic heterocycles. The molecule has 4 aromatic carbocycles. The van der Waals surface area contributed by atoms with E-state index in [-0.39, 0.29) is 0 Å². The molecule has 0 aliphatic carbocycles. The second kappa shape index (κ2) is 7.47. The summed E-state index contributed by atoms with van der Waals surface area (Å²) in [6.45, 7) is 0. The first-order chi connectivity index (χ1) is 15.8. The first kappa shape index (κ1) is 18.5. The van der Waals surface area contributed by atoms with E-state index in [2.05, 4.69) is 65.6 Å². The van der Waals surface area contributed by atoms with Crippen molar-refractivity contribution in [2.75, 3.05) is 7.11 Å². The van der Waals surface area contributed by atoms with Gasteiger partial charge in [0.25, 0.3) is 0 Å². The molecule has 0 saturated carbocycles. The first-order valence-electron chi connectivity index (χ1n) is 10.6. The van der Waals surface area contributed by atoms with Crippen LogP contribution in [0.4, 0.5) is 0 Å². The molecular formula is C29H20N2O. The summed E-state index contributed by atoms with van der Waals surface area (Å²) in [6.07, 6.45) is 5.63. The molecule has 6 rings (SSSR count). The van der Waals surface area contributed by atoms with Crippen LogP contribution in [0.3, 0.4) is 0 Å². The van der Waals surface area contributed by atoms with Crippen molar-refractivity contribution < 1.29 is 4.74 Å². The summed E-state index contributed by atoms with van der Waals surface area (Å²) in [6, 6.07) is 29.6. The lowest BCUT2D eigenvalue weighted by Gasteiger charge is -2.18. The summed E-state index contributed by atoms with van der Waals surface area (Å²) in [5.41, 5.74) is 4.50. The van der Waals surface area contributed by atoms with E-state index in [4.69, 9.17) is 9.72 Å². The molecule has 0 saturated heterocycles. The zero-order valence-electron chi connectivity index (χ0n) is 17.6. The third-order valence-corrected chi connectivity index (χ3v) is 6.11. The van der Waals surface area contributed by atoms with Crippen LogP contribution >= 0.6 is 0 Å². The van der Waals surface area contributed by atoms with Gasteiger partial charge in [-0.1, -0.05) is 60.7 Å². The molecule has 0 bridgehead atoms. The molecule has 0 unspecified atom stereocenters. The molecule has 3 nitrogen and oxygen atoms in total. The molecule has 152 valence electrons. The SMILES string of the molecule is COc1ccc(-c2c3ccccc3c(-c3nccc4ccncc34)c3ccccc23)cc1.